The van der Waals surface area contributed by atoms with E-state index in [0.717, 1.165) is 34.7 Å². The molecule has 0 aliphatic heterocycles. The van der Waals surface area contributed by atoms with Gasteiger partial charge in [-0.15, -0.1) is 0 Å². The molecule has 1 aliphatic rings. The van der Waals surface area contributed by atoms with Crippen LogP contribution in [0.1, 0.15) is 31.2 Å². The maximum atomic E-state index is 12.3. The van der Waals surface area contributed by atoms with Crippen molar-refractivity contribution < 1.29 is 8.42 Å². The van der Waals surface area contributed by atoms with Crippen molar-refractivity contribution in [1.29, 1.82) is 0 Å². The van der Waals surface area contributed by atoms with E-state index >= 15 is 0 Å². The molecule has 0 amide bonds. The maximum absolute atomic E-state index is 12.3. The topological polar surface area (TPSA) is 37.4 Å². The molecule has 0 unspecified atom stereocenters. The number of rotatable bonds is 2. The second-order valence-corrected chi connectivity index (χ2v) is 6.97. The summed E-state index contributed by atoms with van der Waals surface area (Å²) in [5.74, 6) is 2.97. The molecule has 3 nitrogen and oxygen atoms in total. The number of allylic oxidation sites excluding steroid dienone is 2. The van der Waals surface area contributed by atoms with Crippen molar-refractivity contribution in [3.63, 3.8) is 0 Å². The van der Waals surface area contributed by atoms with Gasteiger partial charge in [-0.2, -0.15) is 0 Å². The third-order valence-electron chi connectivity index (χ3n) is 3.34. The number of nitrogens with zero attached hydrogens (tertiary/aromatic N) is 1. The highest BCUT2D eigenvalue weighted by Crippen LogP contribution is 2.17. The van der Waals surface area contributed by atoms with Crippen LogP contribution in [0.15, 0.2) is 40.8 Å². The first-order chi connectivity index (χ1) is 9.50. The Morgan fingerprint density at radius 3 is 2.45 bits per heavy atom. The molecule has 0 radical (unpaired) electrons. The van der Waals surface area contributed by atoms with Gasteiger partial charge in [0.1, 0.15) is 0 Å². The quantitative estimate of drug-likeness (QED) is 0.620. The predicted molar refractivity (Wildman–Crippen MR) is 80.5 cm³/mol. The Kier molecular flexibility index (Phi) is 4.51. The van der Waals surface area contributed by atoms with Crippen LogP contribution in [-0.2, 0) is 10.0 Å². The van der Waals surface area contributed by atoms with Crippen LogP contribution in [0, 0.1) is 18.9 Å². The number of hydrogen-bond donors (Lipinski definition) is 0. The molecule has 106 valence electrons. The molecule has 0 saturated carbocycles. The third kappa shape index (κ3) is 3.43. The fraction of sp³-hybridized carbons (Fsp3) is 0.375. The van der Waals surface area contributed by atoms with Crippen molar-refractivity contribution in [3.8, 4) is 12.0 Å². The first kappa shape index (κ1) is 14.7. The first-order valence-corrected chi connectivity index (χ1v) is 8.20. The summed E-state index contributed by atoms with van der Waals surface area (Å²) >= 11 is 0. The Bertz CT molecular complexity index is 661. The van der Waals surface area contributed by atoms with E-state index in [1.165, 1.54) is 13.5 Å². The highest BCUT2D eigenvalue weighted by molar-refractivity contribution is 7.89. The molecule has 0 heterocycles. The minimum absolute atomic E-state index is 0.275. The summed E-state index contributed by atoms with van der Waals surface area (Å²) in [5, 5.41) is 0. The molecule has 0 saturated heterocycles. The molecule has 20 heavy (non-hydrogen) atoms. The number of sulfonamides is 1. The average molecular weight is 289 g/mol. The van der Waals surface area contributed by atoms with Gasteiger partial charge in [0.05, 0.1) is 4.90 Å². The van der Waals surface area contributed by atoms with E-state index in [1.807, 2.05) is 6.92 Å². The number of aryl methyl sites for hydroxylation is 1. The van der Waals surface area contributed by atoms with Crippen molar-refractivity contribution in [3.05, 3.63) is 41.5 Å². The zero-order valence-electron chi connectivity index (χ0n) is 11.9. The minimum atomic E-state index is -3.52. The summed E-state index contributed by atoms with van der Waals surface area (Å²) in [5.41, 5.74) is 2.08. The molecular weight excluding hydrogens is 270 g/mol. The van der Waals surface area contributed by atoms with E-state index in [2.05, 4.69) is 18.0 Å². The van der Waals surface area contributed by atoms with Gasteiger partial charge in [-0.1, -0.05) is 23.8 Å². The Balaban J connectivity index is 2.19. The van der Waals surface area contributed by atoms with Crippen molar-refractivity contribution in [2.75, 3.05) is 7.05 Å². The smallest absolute Gasteiger partial charge is 0.227 e. The van der Waals surface area contributed by atoms with E-state index in [1.54, 1.807) is 24.3 Å². The molecule has 0 fully saturated rings. The molecule has 0 bridgehead atoms. The van der Waals surface area contributed by atoms with Crippen molar-refractivity contribution in [1.82, 2.24) is 4.31 Å². The van der Waals surface area contributed by atoms with Crippen LogP contribution >= 0.6 is 0 Å². The third-order valence-corrected chi connectivity index (χ3v) is 5.02. The lowest BCUT2D eigenvalue weighted by atomic mass is 10.0. The Labute approximate surface area is 121 Å². The molecule has 0 spiro atoms. The Hall–Kier alpha value is -1.73. The summed E-state index contributed by atoms with van der Waals surface area (Å²) in [6, 6.07) is 9.54. The van der Waals surface area contributed by atoms with Crippen LogP contribution in [0.5, 0.6) is 0 Å². The van der Waals surface area contributed by atoms with Gasteiger partial charge in [0.25, 0.3) is 10.0 Å². The summed E-state index contributed by atoms with van der Waals surface area (Å²) in [4.78, 5) is 0.275. The van der Waals surface area contributed by atoms with Gasteiger partial charge < -0.3 is 0 Å². The molecule has 0 N–H and O–H groups in total. The fourth-order valence-corrected chi connectivity index (χ4v) is 2.99. The largest absolute Gasteiger partial charge is 0.270 e. The van der Waals surface area contributed by atoms with Crippen molar-refractivity contribution in [2.45, 2.75) is 37.5 Å². The molecule has 0 aromatic heterocycles. The van der Waals surface area contributed by atoms with Gasteiger partial charge in [-0.25, -0.2) is 12.7 Å². The molecule has 4 heteroatoms. The fourth-order valence-electron chi connectivity index (χ4n) is 2.03. The van der Waals surface area contributed by atoms with Crippen LogP contribution in [0.2, 0.25) is 0 Å². The number of hydrogen-bond acceptors (Lipinski definition) is 2. The van der Waals surface area contributed by atoms with Gasteiger partial charge in [0.15, 0.2) is 0 Å². The summed E-state index contributed by atoms with van der Waals surface area (Å²) < 4.78 is 25.7. The van der Waals surface area contributed by atoms with E-state index in [9.17, 15) is 8.42 Å². The van der Waals surface area contributed by atoms with E-state index < -0.39 is 10.0 Å². The van der Waals surface area contributed by atoms with Gasteiger partial charge in [0.2, 0.25) is 0 Å². The molecular formula is C16H19NO2S. The zero-order valence-corrected chi connectivity index (χ0v) is 12.7. The number of benzene rings is 1. The normalized spacial score (nSPS) is 15.0. The lowest BCUT2D eigenvalue weighted by molar-refractivity contribution is 0.547. The molecule has 1 aliphatic carbocycles. The first-order valence-electron chi connectivity index (χ1n) is 6.76. The Morgan fingerprint density at radius 2 is 1.85 bits per heavy atom. The van der Waals surface area contributed by atoms with Crippen LogP contribution < -0.4 is 0 Å². The highest BCUT2D eigenvalue weighted by atomic mass is 32.2. The van der Waals surface area contributed by atoms with Gasteiger partial charge in [-0.3, -0.25) is 0 Å². The SMILES string of the molecule is Cc1ccc(S(=O)(=O)N(C)C#CC2=CCCCC2)cc1. The van der Waals surface area contributed by atoms with E-state index in [0.29, 0.717) is 0 Å². The second-order valence-electron chi connectivity index (χ2n) is 5.00. The van der Waals surface area contributed by atoms with Gasteiger partial charge >= 0.3 is 0 Å². The van der Waals surface area contributed by atoms with E-state index in [-0.39, 0.29) is 4.90 Å². The lowest BCUT2D eigenvalue weighted by Gasteiger charge is -2.12. The van der Waals surface area contributed by atoms with Crippen molar-refractivity contribution in [2.24, 2.45) is 0 Å². The molecule has 2 rings (SSSR count). The lowest BCUT2D eigenvalue weighted by Crippen LogP contribution is -2.22. The summed E-state index contributed by atoms with van der Waals surface area (Å²) in [6.45, 7) is 1.93. The minimum Gasteiger partial charge on any atom is -0.227 e. The van der Waals surface area contributed by atoms with Gasteiger partial charge in [0, 0.05) is 13.1 Å². The predicted octanol–water partition coefficient (Wildman–Crippen LogP) is 3.08. The molecule has 1 aromatic rings. The molecule has 1 aromatic carbocycles. The Morgan fingerprint density at radius 1 is 1.15 bits per heavy atom. The van der Waals surface area contributed by atoms with Crippen LogP contribution in [0.25, 0.3) is 0 Å². The van der Waals surface area contributed by atoms with Crippen LogP contribution in [-0.4, -0.2) is 19.8 Å². The average Bonchev–Trinajstić information content (AvgIpc) is 2.46. The van der Waals surface area contributed by atoms with Crippen LogP contribution in [0.3, 0.4) is 0 Å². The van der Waals surface area contributed by atoms with Crippen molar-refractivity contribution >= 4 is 10.0 Å². The summed E-state index contributed by atoms with van der Waals surface area (Å²) in [6.07, 6.45) is 6.42. The summed E-state index contributed by atoms with van der Waals surface area (Å²) in [7, 11) is -2.03. The standard InChI is InChI=1S/C16H19NO2S/c1-14-8-10-16(11-9-14)20(18,19)17(2)13-12-15-6-4-3-5-7-15/h6,8-11H,3-5,7H2,1-2H3. The van der Waals surface area contributed by atoms with Crippen LogP contribution in [0.4, 0.5) is 0 Å². The van der Waals surface area contributed by atoms with Gasteiger partial charge in [-0.05, 0) is 56.2 Å². The highest BCUT2D eigenvalue weighted by Gasteiger charge is 2.18. The molecule has 0 atom stereocenters. The monoisotopic (exact) mass is 289 g/mol. The maximum Gasteiger partial charge on any atom is 0.270 e. The second kappa shape index (κ2) is 6.15. The zero-order chi connectivity index (χ0) is 14.6. The van der Waals surface area contributed by atoms with E-state index in [4.69, 9.17) is 0 Å².